The molecule has 0 saturated carbocycles. The van der Waals surface area contributed by atoms with Gasteiger partial charge < -0.3 is 15.4 Å². The molecule has 32 heavy (non-hydrogen) atoms. The standard InChI is InChI=1S/C25H22N6O/c1-17-16-23(31(30-17)19-8-4-3-5-9-19)29-25-24(26-18-12-14-20(32-2)15-13-18)27-21-10-6-7-11-22(21)28-25/h3-16H,1-2H3,(H,26,27)(H,28,29). The van der Waals surface area contributed by atoms with Crippen molar-refractivity contribution in [3.8, 4) is 11.4 Å². The van der Waals surface area contributed by atoms with Gasteiger partial charge in [0.15, 0.2) is 11.6 Å². The minimum Gasteiger partial charge on any atom is -0.497 e. The van der Waals surface area contributed by atoms with Crippen molar-refractivity contribution in [1.82, 2.24) is 19.7 Å². The highest BCUT2D eigenvalue weighted by atomic mass is 16.5. The Morgan fingerprint density at radius 1 is 0.750 bits per heavy atom. The molecule has 0 spiro atoms. The zero-order valence-corrected chi connectivity index (χ0v) is 17.8. The molecule has 5 rings (SSSR count). The van der Waals surface area contributed by atoms with Crippen molar-refractivity contribution in [2.75, 3.05) is 17.7 Å². The van der Waals surface area contributed by atoms with Gasteiger partial charge in [-0.2, -0.15) is 5.10 Å². The Labute approximate surface area is 185 Å². The number of fused-ring (bicyclic) bond motifs is 1. The lowest BCUT2D eigenvalue weighted by molar-refractivity contribution is 0.415. The fraction of sp³-hybridized carbons (Fsp3) is 0.0800. The molecule has 0 bridgehead atoms. The maximum atomic E-state index is 5.26. The summed E-state index contributed by atoms with van der Waals surface area (Å²) in [7, 11) is 1.65. The van der Waals surface area contributed by atoms with E-state index in [4.69, 9.17) is 14.7 Å². The number of nitrogens with zero attached hydrogens (tertiary/aromatic N) is 4. The van der Waals surface area contributed by atoms with E-state index in [0.29, 0.717) is 11.6 Å². The van der Waals surface area contributed by atoms with E-state index in [9.17, 15) is 0 Å². The van der Waals surface area contributed by atoms with Gasteiger partial charge in [0, 0.05) is 11.8 Å². The fourth-order valence-corrected chi connectivity index (χ4v) is 3.46. The van der Waals surface area contributed by atoms with Crippen LogP contribution in [0.4, 0.5) is 23.1 Å². The summed E-state index contributed by atoms with van der Waals surface area (Å²) in [5.41, 5.74) is 4.35. The first-order valence-corrected chi connectivity index (χ1v) is 10.3. The fourth-order valence-electron chi connectivity index (χ4n) is 3.46. The number of para-hydroxylation sites is 3. The van der Waals surface area contributed by atoms with Crippen molar-refractivity contribution >= 4 is 34.2 Å². The monoisotopic (exact) mass is 422 g/mol. The van der Waals surface area contributed by atoms with Gasteiger partial charge in [0.05, 0.1) is 29.5 Å². The van der Waals surface area contributed by atoms with Crippen molar-refractivity contribution in [1.29, 1.82) is 0 Å². The predicted molar refractivity (Wildman–Crippen MR) is 127 cm³/mol. The average Bonchev–Trinajstić information content (AvgIpc) is 3.20. The molecule has 2 heterocycles. The smallest absolute Gasteiger partial charge is 0.175 e. The minimum atomic E-state index is 0.608. The number of methoxy groups -OCH3 is 1. The van der Waals surface area contributed by atoms with Gasteiger partial charge in [-0.05, 0) is 55.5 Å². The van der Waals surface area contributed by atoms with Crippen LogP contribution in [0.2, 0.25) is 0 Å². The number of nitrogens with one attached hydrogen (secondary N) is 2. The second-order valence-corrected chi connectivity index (χ2v) is 7.31. The zero-order valence-electron chi connectivity index (χ0n) is 17.8. The Balaban J connectivity index is 1.56. The Morgan fingerprint density at radius 2 is 1.38 bits per heavy atom. The summed E-state index contributed by atoms with van der Waals surface area (Å²) in [5, 5.41) is 11.5. The molecule has 0 fully saturated rings. The van der Waals surface area contributed by atoms with Crippen LogP contribution in [0.3, 0.4) is 0 Å². The zero-order chi connectivity index (χ0) is 21.9. The molecule has 0 aliphatic heterocycles. The van der Waals surface area contributed by atoms with Gasteiger partial charge in [-0.15, -0.1) is 0 Å². The van der Waals surface area contributed by atoms with Crippen LogP contribution in [-0.4, -0.2) is 26.9 Å². The van der Waals surface area contributed by atoms with E-state index in [1.165, 1.54) is 0 Å². The van der Waals surface area contributed by atoms with E-state index in [1.54, 1.807) is 7.11 Å². The lowest BCUT2D eigenvalue weighted by Gasteiger charge is -2.14. The van der Waals surface area contributed by atoms with E-state index in [0.717, 1.165) is 39.7 Å². The Kier molecular flexibility index (Phi) is 5.13. The Morgan fingerprint density at radius 3 is 2.03 bits per heavy atom. The van der Waals surface area contributed by atoms with Crippen molar-refractivity contribution in [3.63, 3.8) is 0 Å². The third-order valence-corrected chi connectivity index (χ3v) is 5.00. The van der Waals surface area contributed by atoms with Crippen molar-refractivity contribution in [2.45, 2.75) is 6.92 Å². The van der Waals surface area contributed by atoms with E-state index in [1.807, 2.05) is 96.5 Å². The summed E-state index contributed by atoms with van der Waals surface area (Å²) in [6.45, 7) is 1.97. The first-order valence-electron chi connectivity index (χ1n) is 10.3. The molecule has 0 saturated heterocycles. The molecular formula is C25H22N6O. The van der Waals surface area contributed by atoms with Gasteiger partial charge in [0.25, 0.3) is 0 Å². The topological polar surface area (TPSA) is 76.9 Å². The van der Waals surface area contributed by atoms with Crippen LogP contribution < -0.4 is 15.4 Å². The van der Waals surface area contributed by atoms with E-state index < -0.39 is 0 Å². The van der Waals surface area contributed by atoms with Gasteiger partial charge in [-0.25, -0.2) is 14.6 Å². The molecule has 0 atom stereocenters. The van der Waals surface area contributed by atoms with Crippen LogP contribution in [0.5, 0.6) is 5.75 Å². The average molecular weight is 422 g/mol. The molecule has 0 aliphatic carbocycles. The summed E-state index contributed by atoms with van der Waals surface area (Å²) in [5.74, 6) is 2.82. The van der Waals surface area contributed by atoms with Crippen LogP contribution in [-0.2, 0) is 0 Å². The largest absolute Gasteiger partial charge is 0.497 e. The highest BCUT2D eigenvalue weighted by Gasteiger charge is 2.14. The second kappa shape index (κ2) is 8.39. The molecule has 2 N–H and O–H groups in total. The first-order chi connectivity index (χ1) is 15.7. The maximum absolute atomic E-state index is 5.26. The SMILES string of the molecule is COc1ccc(Nc2nc3ccccc3nc2Nc2cc(C)nn2-c2ccccc2)cc1. The normalized spacial score (nSPS) is 10.8. The lowest BCUT2D eigenvalue weighted by atomic mass is 10.3. The molecule has 3 aromatic carbocycles. The molecule has 7 heteroatoms. The number of hydrogen-bond acceptors (Lipinski definition) is 6. The highest BCUT2D eigenvalue weighted by molar-refractivity contribution is 5.83. The Bertz CT molecular complexity index is 1360. The number of anilines is 4. The molecule has 158 valence electrons. The molecule has 5 aromatic rings. The number of benzene rings is 3. The van der Waals surface area contributed by atoms with Gasteiger partial charge in [0.1, 0.15) is 11.6 Å². The number of aromatic nitrogens is 4. The number of hydrogen-bond donors (Lipinski definition) is 2. The first kappa shape index (κ1) is 19.6. The van der Waals surface area contributed by atoms with Crippen molar-refractivity contribution in [2.24, 2.45) is 0 Å². The van der Waals surface area contributed by atoms with Gasteiger partial charge in [-0.1, -0.05) is 30.3 Å². The summed E-state index contributed by atoms with van der Waals surface area (Å²) in [6, 6.07) is 27.5. The number of ether oxygens (including phenoxy) is 1. The summed E-state index contributed by atoms with van der Waals surface area (Å²) in [4.78, 5) is 9.66. The van der Waals surface area contributed by atoms with E-state index in [2.05, 4.69) is 15.7 Å². The molecule has 0 unspecified atom stereocenters. The molecule has 0 aliphatic rings. The predicted octanol–water partition coefficient (Wildman–Crippen LogP) is 5.62. The van der Waals surface area contributed by atoms with Crippen molar-refractivity contribution in [3.05, 3.63) is 90.6 Å². The molecule has 0 amide bonds. The summed E-state index contributed by atoms with van der Waals surface area (Å²) < 4.78 is 7.12. The van der Waals surface area contributed by atoms with Crippen molar-refractivity contribution < 1.29 is 4.74 Å². The van der Waals surface area contributed by atoms with Crippen LogP contribution in [0.1, 0.15) is 5.69 Å². The maximum Gasteiger partial charge on any atom is 0.175 e. The van der Waals surface area contributed by atoms with Gasteiger partial charge in [0.2, 0.25) is 0 Å². The van der Waals surface area contributed by atoms with Crippen LogP contribution >= 0.6 is 0 Å². The molecule has 7 nitrogen and oxygen atoms in total. The van der Waals surface area contributed by atoms with Crippen LogP contribution in [0, 0.1) is 6.92 Å². The number of aryl methyl sites for hydroxylation is 1. The third-order valence-electron chi connectivity index (χ3n) is 5.00. The van der Waals surface area contributed by atoms with Gasteiger partial charge >= 0.3 is 0 Å². The second-order valence-electron chi connectivity index (χ2n) is 7.31. The minimum absolute atomic E-state index is 0.608. The van der Waals surface area contributed by atoms with Crippen LogP contribution in [0.15, 0.2) is 84.9 Å². The lowest BCUT2D eigenvalue weighted by Crippen LogP contribution is -2.07. The third kappa shape index (κ3) is 3.96. The highest BCUT2D eigenvalue weighted by Crippen LogP contribution is 2.29. The Hall–Kier alpha value is -4.39. The van der Waals surface area contributed by atoms with Crippen LogP contribution in [0.25, 0.3) is 16.7 Å². The summed E-state index contributed by atoms with van der Waals surface area (Å²) in [6.07, 6.45) is 0. The number of rotatable bonds is 6. The summed E-state index contributed by atoms with van der Waals surface area (Å²) >= 11 is 0. The molecule has 0 radical (unpaired) electrons. The van der Waals surface area contributed by atoms with E-state index >= 15 is 0 Å². The van der Waals surface area contributed by atoms with Gasteiger partial charge in [-0.3, -0.25) is 0 Å². The van der Waals surface area contributed by atoms with E-state index in [-0.39, 0.29) is 0 Å². The molecule has 2 aromatic heterocycles. The quantitative estimate of drug-likeness (QED) is 0.370. The molecular weight excluding hydrogens is 400 g/mol.